The van der Waals surface area contributed by atoms with E-state index in [0.717, 1.165) is 18.7 Å². The highest BCUT2D eigenvalue weighted by Gasteiger charge is 2.23. The maximum atomic E-state index is 11.3. The number of rotatable bonds is 3. The van der Waals surface area contributed by atoms with Crippen molar-refractivity contribution in [2.75, 3.05) is 7.11 Å². The van der Waals surface area contributed by atoms with Crippen LogP contribution in [0.3, 0.4) is 0 Å². The zero-order chi connectivity index (χ0) is 11.5. The summed E-state index contributed by atoms with van der Waals surface area (Å²) in [5.74, 6) is 1.03. The van der Waals surface area contributed by atoms with Crippen LogP contribution in [-0.4, -0.2) is 27.8 Å². The summed E-state index contributed by atoms with van der Waals surface area (Å²) in [5.41, 5.74) is 0. The Morgan fingerprint density at radius 1 is 1.62 bits per heavy atom. The number of hydrogen-bond acceptors (Lipinski definition) is 4. The summed E-state index contributed by atoms with van der Waals surface area (Å²) in [4.78, 5) is 11.3. The van der Waals surface area contributed by atoms with E-state index in [1.165, 1.54) is 20.0 Å². The van der Waals surface area contributed by atoms with Gasteiger partial charge in [0.1, 0.15) is 12.4 Å². The Morgan fingerprint density at radius 2 is 2.31 bits per heavy atom. The van der Waals surface area contributed by atoms with E-state index in [1.807, 2.05) is 0 Å². The van der Waals surface area contributed by atoms with Gasteiger partial charge < -0.3 is 4.74 Å². The average molecular weight is 241 g/mol. The molecule has 0 unspecified atom stereocenters. The van der Waals surface area contributed by atoms with Gasteiger partial charge in [-0.1, -0.05) is 12.8 Å². The normalized spacial score (nSPS) is 16.6. The highest BCUT2D eigenvalue weighted by Crippen LogP contribution is 2.32. The van der Waals surface area contributed by atoms with E-state index in [9.17, 15) is 4.79 Å². The number of aromatic amines is 1. The van der Waals surface area contributed by atoms with Crippen molar-refractivity contribution in [2.45, 2.75) is 38.1 Å². The van der Waals surface area contributed by atoms with Crippen LogP contribution in [0.15, 0.2) is 0 Å². The third-order valence-corrected chi connectivity index (χ3v) is 3.33. The number of H-pyrrole nitrogens is 1. The number of esters is 1. The van der Waals surface area contributed by atoms with Crippen molar-refractivity contribution in [1.29, 1.82) is 0 Å². The van der Waals surface area contributed by atoms with Gasteiger partial charge >= 0.3 is 5.97 Å². The molecular weight excluding hydrogens is 226 g/mol. The molecule has 0 aliphatic heterocycles. The minimum atomic E-state index is -0.295. The molecule has 1 aliphatic carbocycles. The molecule has 1 aliphatic rings. The predicted octanol–water partition coefficient (Wildman–Crippen LogP) is 1.77. The smallest absolute Gasteiger partial charge is 0.325 e. The van der Waals surface area contributed by atoms with Crippen molar-refractivity contribution in [3.63, 3.8) is 0 Å². The van der Waals surface area contributed by atoms with E-state index in [-0.39, 0.29) is 12.5 Å². The lowest BCUT2D eigenvalue weighted by atomic mass is 10.1. The molecule has 0 radical (unpaired) electrons. The molecule has 6 heteroatoms. The van der Waals surface area contributed by atoms with Crippen LogP contribution < -0.4 is 0 Å². The summed E-state index contributed by atoms with van der Waals surface area (Å²) in [6, 6.07) is 0. The van der Waals surface area contributed by atoms with E-state index >= 15 is 0 Å². The number of methoxy groups -OCH3 is 1. The number of carbonyl (C=O) groups is 1. The first kappa shape index (κ1) is 11.3. The Morgan fingerprint density at radius 3 is 2.94 bits per heavy atom. The van der Waals surface area contributed by atoms with Gasteiger partial charge in [-0.25, -0.2) is 0 Å². The molecule has 0 amide bonds. The van der Waals surface area contributed by atoms with E-state index in [0.29, 0.717) is 10.7 Å². The number of carbonyl (C=O) groups excluding carboxylic acids is 1. The maximum Gasteiger partial charge on any atom is 0.325 e. The van der Waals surface area contributed by atoms with Crippen molar-refractivity contribution in [1.82, 2.24) is 14.8 Å². The molecule has 0 bridgehead atoms. The first-order chi connectivity index (χ1) is 7.72. The number of aromatic nitrogens is 3. The molecule has 1 heterocycles. The molecule has 1 aromatic rings. The highest BCUT2D eigenvalue weighted by atomic mass is 32.1. The zero-order valence-corrected chi connectivity index (χ0v) is 10.0. The Hall–Kier alpha value is -1.17. The summed E-state index contributed by atoms with van der Waals surface area (Å²) in [7, 11) is 1.38. The lowest BCUT2D eigenvalue weighted by Gasteiger charge is -2.10. The molecule has 88 valence electrons. The molecule has 0 saturated heterocycles. The van der Waals surface area contributed by atoms with Crippen molar-refractivity contribution < 1.29 is 9.53 Å². The largest absolute Gasteiger partial charge is 0.468 e. The van der Waals surface area contributed by atoms with Gasteiger partial charge in [-0.3, -0.25) is 14.5 Å². The molecule has 1 N–H and O–H groups in total. The third kappa shape index (κ3) is 2.16. The molecule has 5 nitrogen and oxygen atoms in total. The zero-order valence-electron chi connectivity index (χ0n) is 9.23. The lowest BCUT2D eigenvalue weighted by molar-refractivity contribution is -0.141. The Balaban J connectivity index is 2.24. The number of nitrogens with zero attached hydrogens (tertiary/aromatic N) is 2. The van der Waals surface area contributed by atoms with Gasteiger partial charge in [0.15, 0.2) is 4.77 Å². The quantitative estimate of drug-likeness (QED) is 0.647. The van der Waals surface area contributed by atoms with Crippen LogP contribution in [0.2, 0.25) is 0 Å². The van der Waals surface area contributed by atoms with Crippen molar-refractivity contribution >= 4 is 18.2 Å². The first-order valence-electron chi connectivity index (χ1n) is 5.44. The fraction of sp³-hybridized carbons (Fsp3) is 0.700. The van der Waals surface area contributed by atoms with E-state index < -0.39 is 0 Å². The number of hydrogen-bond donors (Lipinski definition) is 1. The summed E-state index contributed by atoms with van der Waals surface area (Å²) in [6.45, 7) is 0.150. The highest BCUT2D eigenvalue weighted by molar-refractivity contribution is 7.71. The van der Waals surface area contributed by atoms with Crippen LogP contribution in [0.4, 0.5) is 0 Å². The van der Waals surface area contributed by atoms with Gasteiger partial charge in [0, 0.05) is 5.92 Å². The molecule has 1 saturated carbocycles. The van der Waals surface area contributed by atoms with Crippen LogP contribution in [-0.2, 0) is 16.1 Å². The van der Waals surface area contributed by atoms with Crippen LogP contribution in [0.5, 0.6) is 0 Å². The second kappa shape index (κ2) is 4.78. The summed E-state index contributed by atoms with van der Waals surface area (Å²) in [6.07, 6.45) is 4.70. The Bertz CT molecular complexity index is 432. The molecule has 0 spiro atoms. The monoisotopic (exact) mass is 241 g/mol. The fourth-order valence-electron chi connectivity index (χ4n) is 2.17. The second-order valence-corrected chi connectivity index (χ2v) is 4.42. The molecule has 16 heavy (non-hydrogen) atoms. The molecule has 2 rings (SSSR count). The van der Waals surface area contributed by atoms with Crippen molar-refractivity contribution in [3.8, 4) is 0 Å². The molecule has 0 aromatic carbocycles. The minimum absolute atomic E-state index is 0.150. The predicted molar refractivity (Wildman–Crippen MR) is 60.6 cm³/mol. The van der Waals surface area contributed by atoms with Gasteiger partial charge in [0.2, 0.25) is 0 Å². The topological polar surface area (TPSA) is 59.9 Å². The summed E-state index contributed by atoms with van der Waals surface area (Å²) in [5, 5.41) is 6.97. The minimum Gasteiger partial charge on any atom is -0.468 e. The van der Waals surface area contributed by atoms with Crippen molar-refractivity contribution in [2.24, 2.45) is 0 Å². The average Bonchev–Trinajstić information content (AvgIpc) is 2.89. The second-order valence-electron chi connectivity index (χ2n) is 4.03. The van der Waals surface area contributed by atoms with E-state index in [1.54, 1.807) is 4.57 Å². The number of ether oxygens (including phenoxy) is 1. The van der Waals surface area contributed by atoms with Crippen molar-refractivity contribution in [3.05, 3.63) is 10.6 Å². The number of nitrogens with one attached hydrogen (secondary N) is 1. The molecule has 1 fully saturated rings. The van der Waals surface area contributed by atoms with E-state index in [2.05, 4.69) is 14.9 Å². The van der Waals surface area contributed by atoms with Gasteiger partial charge in [-0.15, -0.1) is 0 Å². The Kier molecular flexibility index (Phi) is 3.38. The van der Waals surface area contributed by atoms with Gasteiger partial charge in [0.25, 0.3) is 0 Å². The van der Waals surface area contributed by atoms with Crippen LogP contribution in [0.1, 0.15) is 37.4 Å². The van der Waals surface area contributed by atoms with Crippen LogP contribution in [0, 0.1) is 4.77 Å². The van der Waals surface area contributed by atoms with Gasteiger partial charge in [-0.2, -0.15) is 5.10 Å². The third-order valence-electron chi connectivity index (χ3n) is 3.02. The molecule has 1 aromatic heterocycles. The maximum absolute atomic E-state index is 11.3. The van der Waals surface area contributed by atoms with Crippen LogP contribution in [0.25, 0.3) is 0 Å². The summed E-state index contributed by atoms with van der Waals surface area (Å²) >= 11 is 5.11. The van der Waals surface area contributed by atoms with Gasteiger partial charge in [0.05, 0.1) is 7.11 Å². The van der Waals surface area contributed by atoms with E-state index in [4.69, 9.17) is 12.2 Å². The first-order valence-corrected chi connectivity index (χ1v) is 5.85. The Labute approximate surface area is 98.8 Å². The SMILES string of the molecule is COC(=O)Cn1c(C2CCCC2)n[nH]c1=S. The summed E-state index contributed by atoms with van der Waals surface area (Å²) < 4.78 is 6.89. The van der Waals surface area contributed by atoms with Crippen LogP contribution >= 0.6 is 12.2 Å². The molecule has 0 atom stereocenters. The van der Waals surface area contributed by atoms with Gasteiger partial charge in [-0.05, 0) is 25.1 Å². The fourth-order valence-corrected chi connectivity index (χ4v) is 2.38. The molecular formula is C10H15N3O2S. The lowest BCUT2D eigenvalue weighted by Crippen LogP contribution is -2.15. The standard InChI is InChI=1S/C10H15N3O2S/c1-15-8(14)6-13-9(11-12-10(13)16)7-4-2-3-5-7/h7H,2-6H2,1H3,(H,12,16).